The van der Waals surface area contributed by atoms with Crippen LogP contribution in [0, 0.1) is 11.3 Å². The standard InChI is InChI=1S/C13H24N2O3/c1-10(5-7-14)3-4-11(16)15-8-6-13(2,9-15)12(17)18/h10H,3-9,14H2,1-2H3,(H,17,18). The van der Waals surface area contributed by atoms with Crippen LogP contribution in [0.25, 0.3) is 0 Å². The summed E-state index contributed by atoms with van der Waals surface area (Å²) in [5.41, 5.74) is 4.70. The van der Waals surface area contributed by atoms with Crippen molar-refractivity contribution in [1.29, 1.82) is 0 Å². The van der Waals surface area contributed by atoms with E-state index >= 15 is 0 Å². The highest BCUT2D eigenvalue weighted by Gasteiger charge is 2.41. The monoisotopic (exact) mass is 256 g/mol. The zero-order chi connectivity index (χ0) is 13.8. The van der Waals surface area contributed by atoms with E-state index in [1.807, 2.05) is 0 Å². The molecule has 2 atom stereocenters. The number of carboxylic acid groups (broad SMARTS) is 1. The van der Waals surface area contributed by atoms with Crippen LogP contribution in [0.4, 0.5) is 0 Å². The van der Waals surface area contributed by atoms with Crippen LogP contribution in [0.15, 0.2) is 0 Å². The van der Waals surface area contributed by atoms with E-state index in [4.69, 9.17) is 10.8 Å². The third kappa shape index (κ3) is 3.70. The molecule has 0 bridgehead atoms. The molecular formula is C13H24N2O3. The van der Waals surface area contributed by atoms with Gasteiger partial charge in [-0.15, -0.1) is 0 Å². The fourth-order valence-electron chi connectivity index (χ4n) is 2.31. The molecule has 0 aromatic rings. The second-order valence-electron chi connectivity index (χ2n) is 5.65. The Balaban J connectivity index is 2.39. The summed E-state index contributed by atoms with van der Waals surface area (Å²) in [5, 5.41) is 9.11. The minimum atomic E-state index is -0.811. The van der Waals surface area contributed by atoms with Gasteiger partial charge in [0.1, 0.15) is 0 Å². The second kappa shape index (κ2) is 6.18. The fraction of sp³-hybridized carbons (Fsp3) is 0.846. The maximum Gasteiger partial charge on any atom is 0.311 e. The summed E-state index contributed by atoms with van der Waals surface area (Å²) >= 11 is 0. The molecule has 0 aromatic heterocycles. The van der Waals surface area contributed by atoms with Crippen LogP contribution in [0.1, 0.15) is 39.5 Å². The number of aliphatic carboxylic acids is 1. The van der Waals surface area contributed by atoms with Gasteiger partial charge in [0.2, 0.25) is 5.91 Å². The number of carbonyl (C=O) groups is 2. The van der Waals surface area contributed by atoms with E-state index in [0.29, 0.717) is 38.4 Å². The summed E-state index contributed by atoms with van der Waals surface area (Å²) in [7, 11) is 0. The Morgan fingerprint density at radius 1 is 1.44 bits per heavy atom. The zero-order valence-electron chi connectivity index (χ0n) is 11.3. The van der Waals surface area contributed by atoms with Gasteiger partial charge in [-0.1, -0.05) is 6.92 Å². The molecule has 104 valence electrons. The van der Waals surface area contributed by atoms with Crippen LogP contribution < -0.4 is 5.73 Å². The van der Waals surface area contributed by atoms with Crippen molar-refractivity contribution < 1.29 is 14.7 Å². The van der Waals surface area contributed by atoms with Crippen molar-refractivity contribution in [2.45, 2.75) is 39.5 Å². The molecule has 1 aliphatic rings. The minimum absolute atomic E-state index is 0.0730. The molecular weight excluding hydrogens is 232 g/mol. The van der Waals surface area contributed by atoms with Crippen molar-refractivity contribution in [2.75, 3.05) is 19.6 Å². The Bertz CT molecular complexity index is 319. The largest absolute Gasteiger partial charge is 0.481 e. The number of likely N-dealkylation sites (tertiary alicyclic amines) is 1. The number of carboxylic acids is 1. The Kier molecular flexibility index (Phi) is 5.14. The maximum absolute atomic E-state index is 12.0. The molecule has 5 nitrogen and oxygen atoms in total. The number of carbonyl (C=O) groups excluding carboxylic acids is 1. The van der Waals surface area contributed by atoms with Crippen molar-refractivity contribution in [2.24, 2.45) is 17.1 Å². The van der Waals surface area contributed by atoms with Crippen LogP contribution in [-0.4, -0.2) is 41.5 Å². The zero-order valence-corrected chi connectivity index (χ0v) is 11.3. The molecule has 0 aliphatic carbocycles. The number of nitrogens with two attached hydrogens (primary N) is 1. The smallest absolute Gasteiger partial charge is 0.311 e. The summed E-state index contributed by atoms with van der Waals surface area (Å²) < 4.78 is 0. The Labute approximate surface area is 108 Å². The SMILES string of the molecule is CC(CCN)CCC(=O)N1CCC(C)(C(=O)O)C1. The van der Waals surface area contributed by atoms with Crippen LogP contribution >= 0.6 is 0 Å². The first kappa shape index (κ1) is 15.0. The minimum Gasteiger partial charge on any atom is -0.481 e. The van der Waals surface area contributed by atoms with Gasteiger partial charge in [0.15, 0.2) is 0 Å². The third-order valence-electron chi connectivity index (χ3n) is 3.85. The third-order valence-corrected chi connectivity index (χ3v) is 3.85. The second-order valence-corrected chi connectivity index (χ2v) is 5.65. The van der Waals surface area contributed by atoms with Gasteiger partial charge >= 0.3 is 5.97 Å². The Morgan fingerprint density at radius 2 is 2.11 bits per heavy atom. The lowest BCUT2D eigenvalue weighted by Gasteiger charge is -2.20. The summed E-state index contributed by atoms with van der Waals surface area (Å²) in [6.45, 7) is 5.35. The molecule has 18 heavy (non-hydrogen) atoms. The molecule has 0 spiro atoms. The van der Waals surface area contributed by atoms with E-state index in [1.54, 1.807) is 11.8 Å². The van der Waals surface area contributed by atoms with E-state index in [0.717, 1.165) is 12.8 Å². The van der Waals surface area contributed by atoms with Gasteiger partial charge in [-0.3, -0.25) is 9.59 Å². The van der Waals surface area contributed by atoms with Gasteiger partial charge in [-0.05, 0) is 38.6 Å². The van der Waals surface area contributed by atoms with Crippen LogP contribution in [0.3, 0.4) is 0 Å². The summed E-state index contributed by atoms with van der Waals surface area (Å²) in [5.74, 6) is -0.287. The number of hydrogen-bond donors (Lipinski definition) is 2. The predicted octanol–water partition coefficient (Wildman–Crippen LogP) is 1.07. The van der Waals surface area contributed by atoms with Crippen molar-refractivity contribution in [3.8, 4) is 0 Å². The average Bonchev–Trinajstić information content (AvgIpc) is 2.71. The molecule has 1 rings (SSSR count). The molecule has 1 saturated heterocycles. The first-order valence-corrected chi connectivity index (χ1v) is 6.60. The highest BCUT2D eigenvalue weighted by atomic mass is 16.4. The fourth-order valence-corrected chi connectivity index (χ4v) is 2.31. The van der Waals surface area contributed by atoms with E-state index < -0.39 is 11.4 Å². The van der Waals surface area contributed by atoms with Crippen LogP contribution in [0.2, 0.25) is 0 Å². The van der Waals surface area contributed by atoms with Gasteiger partial charge in [0.25, 0.3) is 0 Å². The molecule has 1 heterocycles. The topological polar surface area (TPSA) is 83.6 Å². The van der Waals surface area contributed by atoms with Crippen molar-refractivity contribution in [1.82, 2.24) is 4.90 Å². The molecule has 0 aromatic carbocycles. The number of hydrogen-bond acceptors (Lipinski definition) is 3. The lowest BCUT2D eigenvalue weighted by Crippen LogP contribution is -2.34. The first-order chi connectivity index (χ1) is 8.39. The van der Waals surface area contributed by atoms with Gasteiger partial charge in [0, 0.05) is 19.5 Å². The van der Waals surface area contributed by atoms with Crippen molar-refractivity contribution in [3.05, 3.63) is 0 Å². The lowest BCUT2D eigenvalue weighted by molar-refractivity contribution is -0.147. The van der Waals surface area contributed by atoms with Crippen molar-refractivity contribution in [3.63, 3.8) is 0 Å². The highest BCUT2D eigenvalue weighted by Crippen LogP contribution is 2.30. The molecule has 1 amide bonds. The van der Waals surface area contributed by atoms with E-state index in [-0.39, 0.29) is 5.91 Å². The maximum atomic E-state index is 12.0. The van der Waals surface area contributed by atoms with E-state index in [1.165, 1.54) is 0 Å². The van der Waals surface area contributed by atoms with Gasteiger partial charge in [-0.25, -0.2) is 0 Å². The molecule has 1 fully saturated rings. The molecule has 0 radical (unpaired) electrons. The van der Waals surface area contributed by atoms with Gasteiger partial charge in [0.05, 0.1) is 5.41 Å². The number of nitrogens with zero attached hydrogens (tertiary/aromatic N) is 1. The molecule has 0 saturated carbocycles. The van der Waals surface area contributed by atoms with Crippen molar-refractivity contribution >= 4 is 11.9 Å². The summed E-state index contributed by atoms with van der Waals surface area (Å²) in [6, 6.07) is 0. The molecule has 3 N–H and O–H groups in total. The van der Waals surface area contributed by atoms with E-state index in [9.17, 15) is 9.59 Å². The number of rotatable bonds is 6. The Hall–Kier alpha value is -1.10. The summed E-state index contributed by atoms with van der Waals surface area (Å²) in [4.78, 5) is 24.7. The predicted molar refractivity (Wildman–Crippen MR) is 69.0 cm³/mol. The lowest BCUT2D eigenvalue weighted by atomic mass is 9.90. The first-order valence-electron chi connectivity index (χ1n) is 6.60. The van der Waals surface area contributed by atoms with Crippen LogP contribution in [0.5, 0.6) is 0 Å². The molecule has 1 aliphatic heterocycles. The average molecular weight is 256 g/mol. The van der Waals surface area contributed by atoms with E-state index in [2.05, 4.69) is 6.92 Å². The highest BCUT2D eigenvalue weighted by molar-refractivity contribution is 5.80. The number of amides is 1. The van der Waals surface area contributed by atoms with Crippen LogP contribution in [-0.2, 0) is 9.59 Å². The normalized spacial score (nSPS) is 25.2. The Morgan fingerprint density at radius 3 is 2.61 bits per heavy atom. The quantitative estimate of drug-likeness (QED) is 0.744. The van der Waals surface area contributed by atoms with Gasteiger partial charge in [-0.2, -0.15) is 0 Å². The molecule has 2 unspecified atom stereocenters. The summed E-state index contributed by atoms with van der Waals surface area (Å²) in [6.07, 6.45) is 2.81. The molecule has 5 heteroatoms. The van der Waals surface area contributed by atoms with Gasteiger partial charge < -0.3 is 15.7 Å².